The lowest BCUT2D eigenvalue weighted by atomic mass is 9.89. The molecule has 3 aromatic rings. The van der Waals surface area contributed by atoms with Crippen molar-refractivity contribution in [3.8, 4) is 11.5 Å². The Balaban J connectivity index is 1.51. The van der Waals surface area contributed by atoms with Crippen molar-refractivity contribution in [2.24, 2.45) is 0 Å². The van der Waals surface area contributed by atoms with Gasteiger partial charge in [-0.25, -0.2) is 0 Å². The lowest BCUT2D eigenvalue weighted by Gasteiger charge is -2.38. The van der Waals surface area contributed by atoms with Gasteiger partial charge in [-0.3, -0.25) is 4.79 Å². The molecule has 0 bridgehead atoms. The Morgan fingerprint density at radius 3 is 2.62 bits per heavy atom. The van der Waals surface area contributed by atoms with E-state index in [2.05, 4.69) is 11.4 Å². The fourth-order valence-electron chi connectivity index (χ4n) is 3.92. The fraction of sp³-hybridized carbons (Fsp3) is 0.320. The Hall–Kier alpha value is -3.01. The first-order valence-electron chi connectivity index (χ1n) is 10.2. The molecule has 0 aliphatic carbocycles. The van der Waals surface area contributed by atoms with E-state index < -0.39 is 6.10 Å². The molecule has 1 N–H and O–H groups in total. The van der Waals surface area contributed by atoms with E-state index in [-0.39, 0.29) is 17.6 Å². The number of para-hydroxylation sites is 1. The second-order valence-corrected chi connectivity index (χ2v) is 8.19. The summed E-state index contributed by atoms with van der Waals surface area (Å²) >= 11 is 0. The molecular formula is C25H27NO3. The summed E-state index contributed by atoms with van der Waals surface area (Å²) in [6.45, 7) is 6.06. The number of amides is 1. The second kappa shape index (κ2) is 7.78. The van der Waals surface area contributed by atoms with Crippen molar-refractivity contribution in [1.82, 2.24) is 5.32 Å². The van der Waals surface area contributed by atoms with E-state index >= 15 is 0 Å². The van der Waals surface area contributed by atoms with Crippen LogP contribution in [0, 0.1) is 0 Å². The van der Waals surface area contributed by atoms with Gasteiger partial charge in [0.05, 0.1) is 6.04 Å². The minimum Gasteiger partial charge on any atom is -0.487 e. The number of hydrogen-bond donors (Lipinski definition) is 1. The van der Waals surface area contributed by atoms with E-state index in [0.29, 0.717) is 18.6 Å². The predicted molar refractivity (Wildman–Crippen MR) is 115 cm³/mol. The zero-order chi connectivity index (χ0) is 20.4. The van der Waals surface area contributed by atoms with Gasteiger partial charge in [-0.15, -0.1) is 0 Å². The number of hydrogen-bond acceptors (Lipinski definition) is 3. The van der Waals surface area contributed by atoms with Gasteiger partial charge in [-0.2, -0.15) is 0 Å². The number of carbonyl (C=O) groups is 1. The van der Waals surface area contributed by atoms with Gasteiger partial charge >= 0.3 is 0 Å². The molecule has 1 aliphatic rings. The van der Waals surface area contributed by atoms with Crippen molar-refractivity contribution in [1.29, 1.82) is 0 Å². The molecule has 2 unspecified atom stereocenters. The standard InChI is InChI=1S/C25H27NO3/c1-4-22(28-19-14-13-17-9-5-6-10-18(17)15-19)24(27)26-21-16-25(2,3)29-23-12-8-7-11-20(21)23/h5-15,21-22H,4,16H2,1-3H3,(H,26,27). The molecule has 4 nitrogen and oxygen atoms in total. The topological polar surface area (TPSA) is 47.6 Å². The molecule has 1 aliphatic heterocycles. The number of nitrogens with one attached hydrogen (secondary N) is 1. The number of benzene rings is 3. The van der Waals surface area contributed by atoms with E-state index in [4.69, 9.17) is 9.47 Å². The molecule has 4 heteroatoms. The summed E-state index contributed by atoms with van der Waals surface area (Å²) in [4.78, 5) is 13.1. The first kappa shape index (κ1) is 19.3. The molecule has 3 aromatic carbocycles. The Kier molecular flexibility index (Phi) is 5.18. The summed E-state index contributed by atoms with van der Waals surface area (Å²) in [6, 6.07) is 21.8. The minimum atomic E-state index is -0.547. The summed E-state index contributed by atoms with van der Waals surface area (Å²) in [7, 11) is 0. The molecule has 1 heterocycles. The third kappa shape index (κ3) is 4.21. The molecule has 0 radical (unpaired) electrons. The molecule has 150 valence electrons. The first-order valence-corrected chi connectivity index (χ1v) is 10.2. The van der Waals surface area contributed by atoms with Crippen LogP contribution >= 0.6 is 0 Å². The maximum Gasteiger partial charge on any atom is 0.261 e. The number of fused-ring (bicyclic) bond motifs is 2. The fourth-order valence-corrected chi connectivity index (χ4v) is 3.92. The van der Waals surface area contributed by atoms with Gasteiger partial charge in [0.2, 0.25) is 0 Å². The minimum absolute atomic E-state index is 0.0989. The van der Waals surface area contributed by atoms with Gasteiger partial charge < -0.3 is 14.8 Å². The third-order valence-electron chi connectivity index (χ3n) is 5.36. The average molecular weight is 389 g/mol. The first-order chi connectivity index (χ1) is 13.9. The molecule has 0 aromatic heterocycles. The van der Waals surface area contributed by atoms with Gasteiger partial charge in [0.15, 0.2) is 6.10 Å². The number of carbonyl (C=O) groups excluding carboxylic acids is 1. The third-order valence-corrected chi connectivity index (χ3v) is 5.36. The van der Waals surface area contributed by atoms with E-state index in [1.807, 2.05) is 81.4 Å². The van der Waals surface area contributed by atoms with Crippen molar-refractivity contribution >= 4 is 16.7 Å². The van der Waals surface area contributed by atoms with Gasteiger partial charge in [-0.05, 0) is 49.2 Å². The monoisotopic (exact) mass is 389 g/mol. The highest BCUT2D eigenvalue weighted by Crippen LogP contribution is 2.39. The summed E-state index contributed by atoms with van der Waals surface area (Å²) in [6.07, 6.45) is 0.754. The van der Waals surface area contributed by atoms with Crippen LogP contribution in [0.5, 0.6) is 11.5 Å². The number of ether oxygens (including phenoxy) is 2. The van der Waals surface area contributed by atoms with Crippen LogP contribution in [0.15, 0.2) is 66.7 Å². The Morgan fingerprint density at radius 1 is 1.10 bits per heavy atom. The van der Waals surface area contributed by atoms with Gasteiger partial charge in [0.25, 0.3) is 5.91 Å². The zero-order valence-electron chi connectivity index (χ0n) is 17.1. The van der Waals surface area contributed by atoms with Crippen molar-refractivity contribution < 1.29 is 14.3 Å². The van der Waals surface area contributed by atoms with Crippen LogP contribution in [0.2, 0.25) is 0 Å². The van der Waals surface area contributed by atoms with Crippen LogP contribution in [0.3, 0.4) is 0 Å². The number of rotatable bonds is 5. The highest BCUT2D eigenvalue weighted by Gasteiger charge is 2.35. The average Bonchev–Trinajstić information content (AvgIpc) is 2.71. The molecular weight excluding hydrogens is 362 g/mol. The Bertz CT molecular complexity index is 1030. The second-order valence-electron chi connectivity index (χ2n) is 8.19. The summed E-state index contributed by atoms with van der Waals surface area (Å²) in [5, 5.41) is 5.44. The Labute approximate surface area is 171 Å². The molecule has 0 fully saturated rings. The quantitative estimate of drug-likeness (QED) is 0.634. The highest BCUT2D eigenvalue weighted by atomic mass is 16.5. The predicted octanol–water partition coefficient (Wildman–Crippen LogP) is 5.42. The summed E-state index contributed by atoms with van der Waals surface area (Å²) in [5.74, 6) is 1.44. The highest BCUT2D eigenvalue weighted by molar-refractivity contribution is 5.84. The van der Waals surface area contributed by atoms with Gasteiger partial charge in [-0.1, -0.05) is 55.5 Å². The van der Waals surface area contributed by atoms with Crippen molar-refractivity contribution in [3.63, 3.8) is 0 Å². The molecule has 0 saturated heterocycles. The normalized spacial score (nSPS) is 18.4. The lowest BCUT2D eigenvalue weighted by molar-refractivity contribution is -0.129. The van der Waals surface area contributed by atoms with Crippen LogP contribution in [-0.2, 0) is 4.79 Å². The molecule has 2 atom stereocenters. The van der Waals surface area contributed by atoms with Crippen LogP contribution in [-0.4, -0.2) is 17.6 Å². The van der Waals surface area contributed by atoms with E-state index in [9.17, 15) is 4.79 Å². The van der Waals surface area contributed by atoms with Crippen molar-refractivity contribution in [2.45, 2.75) is 51.4 Å². The van der Waals surface area contributed by atoms with Crippen LogP contribution in [0.25, 0.3) is 10.8 Å². The van der Waals surface area contributed by atoms with Crippen LogP contribution in [0.1, 0.15) is 45.2 Å². The van der Waals surface area contributed by atoms with Gasteiger partial charge in [0.1, 0.15) is 17.1 Å². The van der Waals surface area contributed by atoms with Crippen molar-refractivity contribution in [2.75, 3.05) is 0 Å². The smallest absolute Gasteiger partial charge is 0.261 e. The van der Waals surface area contributed by atoms with Crippen LogP contribution < -0.4 is 14.8 Å². The largest absolute Gasteiger partial charge is 0.487 e. The maximum atomic E-state index is 13.1. The maximum absolute atomic E-state index is 13.1. The van der Waals surface area contributed by atoms with Crippen LogP contribution in [0.4, 0.5) is 0 Å². The lowest BCUT2D eigenvalue weighted by Crippen LogP contribution is -2.45. The molecule has 0 saturated carbocycles. The molecule has 0 spiro atoms. The zero-order valence-corrected chi connectivity index (χ0v) is 17.1. The summed E-state index contributed by atoms with van der Waals surface area (Å²) < 4.78 is 12.1. The molecule has 29 heavy (non-hydrogen) atoms. The van der Waals surface area contributed by atoms with E-state index in [1.54, 1.807) is 0 Å². The van der Waals surface area contributed by atoms with Gasteiger partial charge in [0, 0.05) is 12.0 Å². The molecule has 4 rings (SSSR count). The van der Waals surface area contributed by atoms with Crippen molar-refractivity contribution in [3.05, 3.63) is 72.3 Å². The summed E-state index contributed by atoms with van der Waals surface area (Å²) in [5.41, 5.74) is 0.675. The van der Waals surface area contributed by atoms with E-state index in [1.165, 1.54) is 0 Å². The molecule has 1 amide bonds. The van der Waals surface area contributed by atoms with E-state index in [0.717, 1.165) is 22.1 Å². The SMILES string of the molecule is CCC(Oc1ccc2ccccc2c1)C(=O)NC1CC(C)(C)Oc2ccccc21. The Morgan fingerprint density at radius 2 is 1.83 bits per heavy atom.